The predicted molar refractivity (Wildman–Crippen MR) is 113 cm³/mol. The highest BCUT2D eigenvalue weighted by Gasteiger charge is 2.28. The van der Waals surface area contributed by atoms with Crippen LogP contribution in [0.2, 0.25) is 0 Å². The number of hydrogen-bond donors (Lipinski definition) is 1. The fourth-order valence-corrected chi connectivity index (χ4v) is 3.80. The van der Waals surface area contributed by atoms with Crippen LogP contribution in [0.5, 0.6) is 5.75 Å². The molecule has 7 nitrogen and oxygen atoms in total. The van der Waals surface area contributed by atoms with Gasteiger partial charge in [0.1, 0.15) is 11.6 Å². The largest absolute Gasteiger partial charge is 0.508 e. The monoisotopic (exact) mass is 422 g/mol. The van der Waals surface area contributed by atoms with Crippen LogP contribution in [-0.2, 0) is 6.42 Å². The van der Waals surface area contributed by atoms with E-state index in [2.05, 4.69) is 5.10 Å². The van der Waals surface area contributed by atoms with E-state index in [1.54, 1.807) is 44.9 Å². The zero-order valence-electron chi connectivity index (χ0n) is 17.2. The normalized spacial score (nSPS) is 14.0. The number of hydrogen-bond acceptors (Lipinski definition) is 4. The van der Waals surface area contributed by atoms with Gasteiger partial charge in [-0.15, -0.1) is 0 Å². The lowest BCUT2D eigenvalue weighted by Gasteiger charge is -2.34. The number of amides is 2. The Morgan fingerprint density at radius 2 is 1.65 bits per heavy atom. The van der Waals surface area contributed by atoms with Gasteiger partial charge in [0.15, 0.2) is 0 Å². The predicted octanol–water partition coefficient (Wildman–Crippen LogP) is 2.88. The lowest BCUT2D eigenvalue weighted by Crippen LogP contribution is -2.50. The second-order valence-electron chi connectivity index (χ2n) is 7.38. The second-order valence-corrected chi connectivity index (χ2v) is 7.38. The standard InChI is InChI=1S/C23H23FN4O3/c1-2-21-20(15-25-28(21)18-8-6-17(24)7-9-18)23(31)27-12-10-26(11-13-27)22(30)16-4-3-5-19(29)14-16/h3-9,14-15,29H,2,10-13H2,1H3. The summed E-state index contributed by atoms with van der Waals surface area (Å²) in [5.41, 5.74) is 2.39. The summed E-state index contributed by atoms with van der Waals surface area (Å²) in [5, 5.41) is 14.0. The number of phenols is 1. The zero-order valence-corrected chi connectivity index (χ0v) is 17.2. The molecule has 31 heavy (non-hydrogen) atoms. The molecule has 2 aromatic carbocycles. The molecule has 1 N–H and O–H groups in total. The van der Waals surface area contributed by atoms with Crippen LogP contribution in [0.4, 0.5) is 4.39 Å². The van der Waals surface area contributed by atoms with Crippen molar-refractivity contribution in [3.8, 4) is 11.4 Å². The summed E-state index contributed by atoms with van der Waals surface area (Å²) >= 11 is 0. The summed E-state index contributed by atoms with van der Waals surface area (Å²) in [6, 6.07) is 12.2. The van der Waals surface area contributed by atoms with E-state index in [9.17, 15) is 19.1 Å². The van der Waals surface area contributed by atoms with Crippen molar-refractivity contribution in [1.82, 2.24) is 19.6 Å². The Hall–Kier alpha value is -3.68. The fraction of sp³-hybridized carbons (Fsp3) is 0.261. The van der Waals surface area contributed by atoms with Gasteiger partial charge in [-0.25, -0.2) is 9.07 Å². The fourth-order valence-electron chi connectivity index (χ4n) is 3.80. The number of rotatable bonds is 4. The van der Waals surface area contributed by atoms with Crippen LogP contribution in [0, 0.1) is 5.82 Å². The van der Waals surface area contributed by atoms with E-state index < -0.39 is 0 Å². The SMILES string of the molecule is CCc1c(C(=O)N2CCN(C(=O)c3cccc(O)c3)CC2)cnn1-c1ccc(F)cc1. The van der Waals surface area contributed by atoms with Crippen LogP contribution in [0.25, 0.3) is 5.69 Å². The van der Waals surface area contributed by atoms with Crippen LogP contribution in [0.1, 0.15) is 33.3 Å². The number of benzene rings is 2. The quantitative estimate of drug-likeness (QED) is 0.701. The first kappa shape index (κ1) is 20.6. The molecule has 1 aliphatic rings. The molecule has 4 rings (SSSR count). The molecule has 0 aliphatic carbocycles. The molecule has 3 aromatic rings. The molecule has 8 heteroatoms. The smallest absolute Gasteiger partial charge is 0.257 e. The molecule has 0 bridgehead atoms. The van der Waals surface area contributed by atoms with Crippen molar-refractivity contribution in [2.45, 2.75) is 13.3 Å². The highest BCUT2D eigenvalue weighted by molar-refractivity contribution is 5.96. The van der Waals surface area contributed by atoms with Gasteiger partial charge in [-0.05, 0) is 48.9 Å². The van der Waals surface area contributed by atoms with Gasteiger partial charge in [0.2, 0.25) is 0 Å². The third kappa shape index (κ3) is 4.14. The highest BCUT2D eigenvalue weighted by Crippen LogP contribution is 2.20. The number of piperazine rings is 1. The van der Waals surface area contributed by atoms with Gasteiger partial charge in [-0.3, -0.25) is 9.59 Å². The van der Waals surface area contributed by atoms with Crippen molar-refractivity contribution < 1.29 is 19.1 Å². The van der Waals surface area contributed by atoms with Crippen molar-refractivity contribution in [3.63, 3.8) is 0 Å². The van der Waals surface area contributed by atoms with Gasteiger partial charge in [-0.1, -0.05) is 13.0 Å². The molecule has 2 heterocycles. The van der Waals surface area contributed by atoms with Crippen LogP contribution >= 0.6 is 0 Å². The Bertz CT molecular complexity index is 1100. The van der Waals surface area contributed by atoms with Crippen LogP contribution in [0.15, 0.2) is 54.7 Å². The van der Waals surface area contributed by atoms with E-state index >= 15 is 0 Å². The minimum absolute atomic E-state index is 0.0462. The number of aromatic hydroxyl groups is 1. The first-order valence-electron chi connectivity index (χ1n) is 10.2. The molecule has 2 amide bonds. The minimum atomic E-state index is -0.330. The average molecular weight is 422 g/mol. The number of phenolic OH excluding ortho intramolecular Hbond substituents is 1. The van der Waals surface area contributed by atoms with Crippen LogP contribution < -0.4 is 0 Å². The van der Waals surface area contributed by atoms with Gasteiger partial charge in [0.05, 0.1) is 23.1 Å². The van der Waals surface area contributed by atoms with Crippen molar-refractivity contribution in [2.24, 2.45) is 0 Å². The number of halogens is 1. The van der Waals surface area contributed by atoms with E-state index in [-0.39, 0.29) is 23.4 Å². The maximum atomic E-state index is 13.2. The third-order valence-corrected chi connectivity index (χ3v) is 5.45. The van der Waals surface area contributed by atoms with Crippen LogP contribution in [0.3, 0.4) is 0 Å². The number of carbonyl (C=O) groups excluding carboxylic acids is 2. The van der Waals surface area contributed by atoms with E-state index in [0.717, 1.165) is 5.69 Å². The molecule has 160 valence electrons. The van der Waals surface area contributed by atoms with Gasteiger partial charge < -0.3 is 14.9 Å². The first-order valence-corrected chi connectivity index (χ1v) is 10.2. The Morgan fingerprint density at radius 3 is 2.26 bits per heavy atom. The van der Waals surface area contributed by atoms with Gasteiger partial charge >= 0.3 is 0 Å². The summed E-state index contributed by atoms with van der Waals surface area (Å²) in [5.74, 6) is -0.579. The molecular weight excluding hydrogens is 399 g/mol. The lowest BCUT2D eigenvalue weighted by molar-refractivity contribution is 0.0534. The Kier molecular flexibility index (Phi) is 5.70. The number of aromatic nitrogens is 2. The molecule has 1 aliphatic heterocycles. The summed E-state index contributed by atoms with van der Waals surface area (Å²) in [4.78, 5) is 29.2. The maximum absolute atomic E-state index is 13.2. The number of carbonyl (C=O) groups is 2. The molecule has 0 radical (unpaired) electrons. The Balaban J connectivity index is 1.46. The van der Waals surface area contributed by atoms with Gasteiger partial charge in [0.25, 0.3) is 11.8 Å². The molecule has 0 saturated carbocycles. The molecule has 0 spiro atoms. The molecule has 1 fully saturated rings. The Morgan fingerprint density at radius 1 is 1.00 bits per heavy atom. The third-order valence-electron chi connectivity index (χ3n) is 5.45. The summed E-state index contributed by atoms with van der Waals surface area (Å²) in [7, 11) is 0. The summed E-state index contributed by atoms with van der Waals surface area (Å²) in [6.45, 7) is 3.59. The molecule has 0 atom stereocenters. The van der Waals surface area contributed by atoms with E-state index in [1.165, 1.54) is 24.3 Å². The summed E-state index contributed by atoms with van der Waals surface area (Å²) < 4.78 is 14.9. The molecular formula is C23H23FN4O3. The van der Waals surface area contributed by atoms with Crippen molar-refractivity contribution in [3.05, 3.63) is 77.4 Å². The molecule has 1 saturated heterocycles. The minimum Gasteiger partial charge on any atom is -0.508 e. The average Bonchev–Trinajstić information content (AvgIpc) is 3.23. The lowest BCUT2D eigenvalue weighted by atomic mass is 10.1. The highest BCUT2D eigenvalue weighted by atomic mass is 19.1. The van der Waals surface area contributed by atoms with Crippen molar-refractivity contribution in [2.75, 3.05) is 26.2 Å². The van der Waals surface area contributed by atoms with E-state index in [4.69, 9.17) is 0 Å². The number of nitrogens with zero attached hydrogens (tertiary/aromatic N) is 4. The Labute approximate surface area is 179 Å². The van der Waals surface area contributed by atoms with Crippen molar-refractivity contribution in [1.29, 1.82) is 0 Å². The van der Waals surface area contributed by atoms with E-state index in [0.29, 0.717) is 49.4 Å². The molecule has 0 unspecified atom stereocenters. The zero-order chi connectivity index (χ0) is 22.0. The van der Waals surface area contributed by atoms with Crippen LogP contribution in [-0.4, -0.2) is 62.7 Å². The topological polar surface area (TPSA) is 78.7 Å². The molecule has 1 aromatic heterocycles. The van der Waals surface area contributed by atoms with Crippen molar-refractivity contribution >= 4 is 11.8 Å². The van der Waals surface area contributed by atoms with Gasteiger partial charge in [0, 0.05) is 31.7 Å². The first-order chi connectivity index (χ1) is 15.0. The maximum Gasteiger partial charge on any atom is 0.257 e. The second kappa shape index (κ2) is 8.59. The van der Waals surface area contributed by atoms with E-state index in [1.807, 2.05) is 6.92 Å². The summed E-state index contributed by atoms with van der Waals surface area (Å²) in [6.07, 6.45) is 2.14. The van der Waals surface area contributed by atoms with Gasteiger partial charge in [-0.2, -0.15) is 5.10 Å².